The number of rotatable bonds is 4. The maximum atomic E-state index is 12.5. The molecule has 0 aliphatic carbocycles. The summed E-state index contributed by atoms with van der Waals surface area (Å²) in [6.07, 6.45) is 0.942. The van der Waals surface area contributed by atoms with Crippen LogP contribution in [0.15, 0.2) is 24.3 Å². The molecular formula is C17H21NO5. The van der Waals surface area contributed by atoms with E-state index in [4.69, 9.17) is 9.47 Å². The van der Waals surface area contributed by atoms with Gasteiger partial charge in [-0.1, -0.05) is 24.3 Å². The van der Waals surface area contributed by atoms with Gasteiger partial charge in [-0.3, -0.25) is 9.59 Å². The van der Waals surface area contributed by atoms with Gasteiger partial charge in [0.1, 0.15) is 0 Å². The second kappa shape index (κ2) is 6.68. The number of hydrogen-bond donors (Lipinski definition) is 2. The lowest BCUT2D eigenvalue weighted by molar-refractivity contribution is -0.155. The highest BCUT2D eigenvalue weighted by atomic mass is 16.5. The fourth-order valence-corrected chi connectivity index (χ4v) is 3.19. The first-order valence-corrected chi connectivity index (χ1v) is 7.91. The van der Waals surface area contributed by atoms with Crippen molar-refractivity contribution >= 4 is 11.9 Å². The molecule has 6 heteroatoms. The molecule has 1 fully saturated rings. The molecule has 0 aromatic heterocycles. The minimum Gasteiger partial charge on any atom is -0.481 e. The number of carbonyl (C=O) groups is 2. The number of fused-ring (bicyclic) bond motifs is 1. The Morgan fingerprint density at radius 1 is 1.22 bits per heavy atom. The van der Waals surface area contributed by atoms with Gasteiger partial charge in [0.15, 0.2) is 6.10 Å². The lowest BCUT2D eigenvalue weighted by Gasteiger charge is -2.34. The Hall–Kier alpha value is -1.92. The molecule has 2 aliphatic heterocycles. The number of benzene rings is 1. The van der Waals surface area contributed by atoms with Gasteiger partial charge < -0.3 is 19.9 Å². The van der Waals surface area contributed by atoms with Gasteiger partial charge in [-0.2, -0.15) is 0 Å². The molecule has 124 valence electrons. The Kier molecular flexibility index (Phi) is 4.63. The molecule has 1 aromatic carbocycles. The number of ether oxygens (including phenoxy) is 2. The maximum Gasteiger partial charge on any atom is 0.311 e. The molecule has 0 spiro atoms. The van der Waals surface area contributed by atoms with Crippen LogP contribution in [0.5, 0.6) is 0 Å². The van der Waals surface area contributed by atoms with Crippen LogP contribution in [0, 0.1) is 5.41 Å². The van der Waals surface area contributed by atoms with Crippen LogP contribution in [0.25, 0.3) is 0 Å². The number of aliphatic carboxylic acids is 1. The molecule has 0 bridgehead atoms. The Balaban J connectivity index is 1.69. The minimum atomic E-state index is -0.942. The average Bonchev–Trinajstić information content (AvgIpc) is 2.60. The number of carbonyl (C=O) groups excluding carboxylic acids is 1. The van der Waals surface area contributed by atoms with E-state index in [2.05, 4.69) is 5.32 Å². The van der Waals surface area contributed by atoms with Gasteiger partial charge in [0.25, 0.3) is 5.91 Å². The van der Waals surface area contributed by atoms with Gasteiger partial charge in [0.2, 0.25) is 0 Å². The summed E-state index contributed by atoms with van der Waals surface area (Å²) in [5.74, 6) is -1.16. The first kappa shape index (κ1) is 16.0. The third-order valence-electron chi connectivity index (χ3n) is 4.74. The van der Waals surface area contributed by atoms with Crippen molar-refractivity contribution in [1.29, 1.82) is 0 Å². The van der Waals surface area contributed by atoms with E-state index in [1.54, 1.807) is 0 Å². The highest BCUT2D eigenvalue weighted by molar-refractivity contribution is 5.84. The Labute approximate surface area is 134 Å². The Bertz CT molecular complexity index is 594. The van der Waals surface area contributed by atoms with E-state index in [1.807, 2.05) is 24.3 Å². The zero-order valence-corrected chi connectivity index (χ0v) is 12.9. The van der Waals surface area contributed by atoms with Crippen LogP contribution in [-0.2, 0) is 25.5 Å². The molecule has 1 atom stereocenters. The van der Waals surface area contributed by atoms with E-state index in [1.165, 1.54) is 0 Å². The largest absolute Gasteiger partial charge is 0.481 e. The van der Waals surface area contributed by atoms with Gasteiger partial charge in [-0.15, -0.1) is 0 Å². The third-order valence-corrected chi connectivity index (χ3v) is 4.74. The van der Waals surface area contributed by atoms with E-state index in [-0.39, 0.29) is 12.5 Å². The second-order valence-corrected chi connectivity index (χ2v) is 6.12. The molecule has 1 aromatic rings. The molecule has 3 rings (SSSR count). The van der Waals surface area contributed by atoms with Crippen LogP contribution in [0.3, 0.4) is 0 Å². The summed E-state index contributed by atoms with van der Waals surface area (Å²) in [4.78, 5) is 24.1. The average molecular weight is 319 g/mol. The predicted octanol–water partition coefficient (Wildman–Crippen LogP) is 1.30. The molecule has 1 saturated heterocycles. The van der Waals surface area contributed by atoms with Gasteiger partial charge >= 0.3 is 5.97 Å². The first-order valence-electron chi connectivity index (χ1n) is 7.91. The highest BCUT2D eigenvalue weighted by Gasteiger charge is 2.41. The van der Waals surface area contributed by atoms with Crippen molar-refractivity contribution in [1.82, 2.24) is 5.32 Å². The Morgan fingerprint density at radius 3 is 2.70 bits per heavy atom. The molecule has 2 N–H and O–H groups in total. The summed E-state index contributed by atoms with van der Waals surface area (Å²) in [6.45, 7) is 1.41. The fourth-order valence-electron chi connectivity index (χ4n) is 3.19. The van der Waals surface area contributed by atoms with Crippen molar-refractivity contribution in [2.75, 3.05) is 26.4 Å². The molecule has 6 nitrogen and oxygen atoms in total. The van der Waals surface area contributed by atoms with Crippen molar-refractivity contribution in [2.24, 2.45) is 5.41 Å². The van der Waals surface area contributed by atoms with Crippen LogP contribution in [0.2, 0.25) is 0 Å². The molecule has 0 radical (unpaired) electrons. The molecule has 2 aliphatic rings. The van der Waals surface area contributed by atoms with Crippen LogP contribution < -0.4 is 5.32 Å². The zero-order chi connectivity index (χ0) is 16.3. The molecule has 2 heterocycles. The molecule has 23 heavy (non-hydrogen) atoms. The normalized spacial score (nSPS) is 22.9. The molecule has 1 unspecified atom stereocenters. The summed E-state index contributed by atoms with van der Waals surface area (Å²) in [5, 5.41) is 12.3. The lowest BCUT2D eigenvalue weighted by Crippen LogP contribution is -2.48. The molecule has 1 amide bonds. The van der Waals surface area contributed by atoms with E-state index in [9.17, 15) is 14.7 Å². The quantitative estimate of drug-likeness (QED) is 0.874. The lowest BCUT2D eigenvalue weighted by atomic mass is 9.80. The van der Waals surface area contributed by atoms with Crippen LogP contribution in [0.4, 0.5) is 0 Å². The highest BCUT2D eigenvalue weighted by Crippen LogP contribution is 2.31. The number of carboxylic acid groups (broad SMARTS) is 1. The van der Waals surface area contributed by atoms with Crippen molar-refractivity contribution in [3.8, 4) is 0 Å². The summed E-state index contributed by atoms with van der Waals surface area (Å²) in [5.41, 5.74) is 1.03. The topological polar surface area (TPSA) is 84.9 Å². The number of nitrogens with one attached hydrogen (secondary N) is 1. The monoisotopic (exact) mass is 319 g/mol. The van der Waals surface area contributed by atoms with Gasteiger partial charge in [0.05, 0.1) is 12.0 Å². The van der Waals surface area contributed by atoms with Crippen LogP contribution in [-0.4, -0.2) is 43.3 Å². The predicted molar refractivity (Wildman–Crippen MR) is 82.0 cm³/mol. The summed E-state index contributed by atoms with van der Waals surface area (Å²) < 4.78 is 10.9. The maximum absolute atomic E-state index is 12.5. The number of amides is 1. The SMILES string of the molecule is O=C(NCC1(C(=O)O)CCOCC1)C1OCCc2ccccc21. The number of hydrogen-bond acceptors (Lipinski definition) is 4. The zero-order valence-electron chi connectivity index (χ0n) is 12.9. The second-order valence-electron chi connectivity index (χ2n) is 6.12. The van der Waals surface area contributed by atoms with Crippen molar-refractivity contribution in [3.05, 3.63) is 35.4 Å². The van der Waals surface area contributed by atoms with Gasteiger partial charge in [-0.05, 0) is 30.4 Å². The molecular weight excluding hydrogens is 298 g/mol. The van der Waals surface area contributed by atoms with Crippen molar-refractivity contribution in [2.45, 2.75) is 25.4 Å². The van der Waals surface area contributed by atoms with E-state index in [0.717, 1.165) is 17.5 Å². The van der Waals surface area contributed by atoms with Crippen LogP contribution >= 0.6 is 0 Å². The third kappa shape index (κ3) is 3.23. The number of carboxylic acids is 1. The van der Waals surface area contributed by atoms with Crippen LogP contribution in [0.1, 0.15) is 30.1 Å². The standard InChI is InChI=1S/C17H21NO5/c19-15(14-13-4-2-1-3-12(13)5-8-23-14)18-11-17(16(20)21)6-9-22-10-7-17/h1-4,14H,5-11H2,(H,18,19)(H,20,21). The summed E-state index contributed by atoms with van der Waals surface area (Å²) >= 11 is 0. The smallest absolute Gasteiger partial charge is 0.311 e. The van der Waals surface area contributed by atoms with E-state index < -0.39 is 17.5 Å². The van der Waals surface area contributed by atoms with E-state index in [0.29, 0.717) is 32.7 Å². The van der Waals surface area contributed by atoms with Crippen molar-refractivity contribution < 1.29 is 24.2 Å². The van der Waals surface area contributed by atoms with Gasteiger partial charge in [0, 0.05) is 19.8 Å². The summed E-state index contributed by atoms with van der Waals surface area (Å²) in [6, 6.07) is 7.71. The van der Waals surface area contributed by atoms with E-state index >= 15 is 0 Å². The fraction of sp³-hybridized carbons (Fsp3) is 0.529. The Morgan fingerprint density at radius 2 is 1.96 bits per heavy atom. The van der Waals surface area contributed by atoms with Crippen molar-refractivity contribution in [3.63, 3.8) is 0 Å². The first-order chi connectivity index (χ1) is 11.1. The molecule has 0 saturated carbocycles. The summed E-state index contributed by atoms with van der Waals surface area (Å²) in [7, 11) is 0. The minimum absolute atomic E-state index is 0.104. The van der Waals surface area contributed by atoms with Gasteiger partial charge in [-0.25, -0.2) is 0 Å².